The summed E-state index contributed by atoms with van der Waals surface area (Å²) < 4.78 is 4.95. The summed E-state index contributed by atoms with van der Waals surface area (Å²) in [6, 6.07) is 0.165. The zero-order valence-electron chi connectivity index (χ0n) is 11.0. The number of carbonyl (C=O) groups is 2. The van der Waals surface area contributed by atoms with Crippen molar-refractivity contribution in [2.45, 2.75) is 32.7 Å². The summed E-state index contributed by atoms with van der Waals surface area (Å²) >= 11 is 1.43. The van der Waals surface area contributed by atoms with E-state index in [0.717, 1.165) is 11.3 Å². The van der Waals surface area contributed by atoms with E-state index >= 15 is 0 Å². The third-order valence-corrected chi connectivity index (χ3v) is 3.76. The highest BCUT2D eigenvalue weighted by atomic mass is 32.1. The lowest BCUT2D eigenvalue weighted by Gasteiger charge is -2.22. The monoisotopic (exact) mass is 283 g/mol. The highest BCUT2D eigenvalue weighted by Gasteiger charge is 2.21. The number of aryl methyl sites for hydroxylation is 1. The van der Waals surface area contributed by atoms with Gasteiger partial charge >= 0.3 is 5.97 Å². The van der Waals surface area contributed by atoms with Gasteiger partial charge in [-0.25, -0.2) is 9.78 Å². The number of carbonyl (C=O) groups excluding carboxylic acids is 2. The van der Waals surface area contributed by atoms with Crippen molar-refractivity contribution in [3.8, 4) is 0 Å². The van der Waals surface area contributed by atoms with Gasteiger partial charge in [0.25, 0.3) is 0 Å². The summed E-state index contributed by atoms with van der Waals surface area (Å²) in [6.45, 7) is 4.54. The minimum atomic E-state index is -0.388. The van der Waals surface area contributed by atoms with Gasteiger partial charge in [0.1, 0.15) is 0 Å². The second kappa shape index (κ2) is 6.01. The Labute approximate surface area is 115 Å². The molecule has 2 heterocycles. The van der Waals surface area contributed by atoms with Gasteiger partial charge in [0.2, 0.25) is 5.91 Å². The molecule has 1 atom stereocenters. The van der Waals surface area contributed by atoms with Crippen molar-refractivity contribution in [3.05, 3.63) is 10.6 Å². The fourth-order valence-corrected chi connectivity index (χ4v) is 2.76. The van der Waals surface area contributed by atoms with Gasteiger partial charge in [0.05, 0.1) is 6.61 Å². The standard InChI is InChI=1S/C12H17N3O3S/c1-3-18-11(17)10-7(2)19-12(15-10)14-8-4-5-9(16)13-6-8/h8H,3-6H2,1-2H3,(H,13,16)(H,14,15). The average Bonchev–Trinajstić information content (AvgIpc) is 2.74. The van der Waals surface area contributed by atoms with E-state index in [1.807, 2.05) is 6.92 Å². The van der Waals surface area contributed by atoms with Crippen LogP contribution in [0.3, 0.4) is 0 Å². The first-order valence-corrected chi connectivity index (χ1v) is 7.09. The number of aromatic nitrogens is 1. The quantitative estimate of drug-likeness (QED) is 0.815. The number of anilines is 1. The van der Waals surface area contributed by atoms with E-state index in [1.165, 1.54) is 11.3 Å². The first-order chi connectivity index (χ1) is 9.10. The number of rotatable bonds is 4. The highest BCUT2D eigenvalue weighted by molar-refractivity contribution is 7.15. The molecule has 0 saturated carbocycles. The van der Waals surface area contributed by atoms with Gasteiger partial charge in [-0.1, -0.05) is 0 Å². The molecule has 104 valence electrons. The number of thiazole rings is 1. The Balaban J connectivity index is 2.00. The Bertz CT molecular complexity index is 477. The van der Waals surface area contributed by atoms with Crippen LogP contribution in [-0.4, -0.2) is 36.1 Å². The van der Waals surface area contributed by atoms with Crippen LogP contribution in [0.1, 0.15) is 35.1 Å². The lowest BCUT2D eigenvalue weighted by molar-refractivity contribution is -0.122. The molecular formula is C12H17N3O3S. The molecule has 0 aromatic carbocycles. The Morgan fingerprint density at radius 3 is 3.05 bits per heavy atom. The number of piperidine rings is 1. The van der Waals surface area contributed by atoms with Crippen molar-refractivity contribution in [3.63, 3.8) is 0 Å². The van der Waals surface area contributed by atoms with Crippen molar-refractivity contribution in [1.82, 2.24) is 10.3 Å². The number of hydrogen-bond donors (Lipinski definition) is 2. The molecule has 1 amide bonds. The Hall–Kier alpha value is -1.63. The lowest BCUT2D eigenvalue weighted by atomic mass is 10.1. The van der Waals surface area contributed by atoms with Crippen molar-refractivity contribution >= 4 is 28.3 Å². The molecule has 7 heteroatoms. The van der Waals surface area contributed by atoms with Gasteiger partial charge in [-0.05, 0) is 20.3 Å². The van der Waals surface area contributed by atoms with Crippen LogP contribution >= 0.6 is 11.3 Å². The van der Waals surface area contributed by atoms with E-state index in [0.29, 0.717) is 30.4 Å². The van der Waals surface area contributed by atoms with Crippen LogP contribution in [-0.2, 0) is 9.53 Å². The largest absolute Gasteiger partial charge is 0.461 e. The third-order valence-electron chi connectivity index (χ3n) is 2.86. The molecule has 2 rings (SSSR count). The van der Waals surface area contributed by atoms with E-state index in [1.54, 1.807) is 6.92 Å². The zero-order valence-corrected chi connectivity index (χ0v) is 11.8. The maximum atomic E-state index is 11.7. The molecule has 0 bridgehead atoms. The first kappa shape index (κ1) is 13.8. The van der Waals surface area contributed by atoms with E-state index in [2.05, 4.69) is 15.6 Å². The molecule has 1 unspecified atom stereocenters. The minimum Gasteiger partial charge on any atom is -0.461 e. The summed E-state index contributed by atoms with van der Waals surface area (Å²) in [4.78, 5) is 27.8. The molecule has 0 spiro atoms. The van der Waals surface area contributed by atoms with Crippen molar-refractivity contribution in [2.24, 2.45) is 0 Å². The smallest absolute Gasteiger partial charge is 0.358 e. The Morgan fingerprint density at radius 2 is 2.42 bits per heavy atom. The molecule has 1 aliphatic heterocycles. The molecule has 1 aliphatic rings. The zero-order chi connectivity index (χ0) is 13.8. The van der Waals surface area contributed by atoms with Crippen LogP contribution < -0.4 is 10.6 Å². The molecule has 1 aromatic heterocycles. The summed E-state index contributed by atoms with van der Waals surface area (Å²) in [6.07, 6.45) is 1.30. The fraction of sp³-hybridized carbons (Fsp3) is 0.583. The number of hydrogen-bond acceptors (Lipinski definition) is 6. The van der Waals surface area contributed by atoms with Crippen LogP contribution in [0, 0.1) is 6.92 Å². The average molecular weight is 283 g/mol. The number of amides is 1. The normalized spacial score (nSPS) is 18.8. The molecular weight excluding hydrogens is 266 g/mol. The van der Waals surface area contributed by atoms with Crippen molar-refractivity contribution in [2.75, 3.05) is 18.5 Å². The van der Waals surface area contributed by atoms with Crippen LogP contribution in [0.15, 0.2) is 0 Å². The topological polar surface area (TPSA) is 80.3 Å². The molecule has 1 saturated heterocycles. The first-order valence-electron chi connectivity index (χ1n) is 6.28. The summed E-state index contributed by atoms with van der Waals surface area (Å²) in [7, 11) is 0. The van der Waals surface area contributed by atoms with Gasteiger partial charge < -0.3 is 15.4 Å². The number of esters is 1. The second-order valence-corrected chi connectivity index (χ2v) is 5.53. The minimum absolute atomic E-state index is 0.0839. The van der Waals surface area contributed by atoms with Crippen LogP contribution in [0.2, 0.25) is 0 Å². The number of nitrogens with one attached hydrogen (secondary N) is 2. The number of nitrogens with zero attached hydrogens (tertiary/aromatic N) is 1. The van der Waals surface area contributed by atoms with E-state index < -0.39 is 0 Å². The van der Waals surface area contributed by atoms with Gasteiger partial charge in [-0.2, -0.15) is 0 Å². The van der Waals surface area contributed by atoms with Crippen molar-refractivity contribution < 1.29 is 14.3 Å². The maximum absolute atomic E-state index is 11.7. The Morgan fingerprint density at radius 1 is 1.63 bits per heavy atom. The van der Waals surface area contributed by atoms with Crippen molar-refractivity contribution in [1.29, 1.82) is 0 Å². The van der Waals surface area contributed by atoms with E-state index in [-0.39, 0.29) is 17.9 Å². The third kappa shape index (κ3) is 3.44. The maximum Gasteiger partial charge on any atom is 0.358 e. The molecule has 1 fully saturated rings. The Kier molecular flexibility index (Phi) is 4.36. The molecule has 0 radical (unpaired) electrons. The summed E-state index contributed by atoms with van der Waals surface area (Å²) in [5.74, 6) is -0.304. The van der Waals surface area contributed by atoms with E-state index in [9.17, 15) is 9.59 Å². The van der Waals surface area contributed by atoms with Gasteiger partial charge in [-0.15, -0.1) is 11.3 Å². The lowest BCUT2D eigenvalue weighted by Crippen LogP contribution is -2.41. The van der Waals surface area contributed by atoms with Gasteiger partial charge in [0, 0.05) is 23.9 Å². The van der Waals surface area contributed by atoms with Crippen LogP contribution in [0.5, 0.6) is 0 Å². The van der Waals surface area contributed by atoms with E-state index in [4.69, 9.17) is 4.74 Å². The van der Waals surface area contributed by atoms with Gasteiger partial charge in [0.15, 0.2) is 10.8 Å². The van der Waals surface area contributed by atoms with Gasteiger partial charge in [-0.3, -0.25) is 4.79 Å². The van der Waals surface area contributed by atoms with Crippen LogP contribution in [0.4, 0.5) is 5.13 Å². The summed E-state index contributed by atoms with van der Waals surface area (Å²) in [5.41, 5.74) is 0.370. The second-order valence-electron chi connectivity index (χ2n) is 4.33. The SMILES string of the molecule is CCOC(=O)c1nc(NC2CCC(=O)NC2)sc1C. The predicted molar refractivity (Wildman–Crippen MR) is 72.5 cm³/mol. The molecule has 1 aromatic rings. The molecule has 2 N–H and O–H groups in total. The molecule has 0 aliphatic carbocycles. The molecule has 6 nitrogen and oxygen atoms in total. The predicted octanol–water partition coefficient (Wildman–Crippen LogP) is 1.32. The fourth-order valence-electron chi connectivity index (χ4n) is 1.88. The van der Waals surface area contributed by atoms with Crippen LogP contribution in [0.25, 0.3) is 0 Å². The highest BCUT2D eigenvalue weighted by Crippen LogP contribution is 2.24. The number of ether oxygens (including phenoxy) is 1. The molecule has 19 heavy (non-hydrogen) atoms. The summed E-state index contributed by atoms with van der Waals surface area (Å²) in [5, 5.41) is 6.74.